The number of hydrogen-bond donors (Lipinski definition) is 1. The highest BCUT2D eigenvalue weighted by atomic mass is 16.6. The Morgan fingerprint density at radius 2 is 2.08 bits per heavy atom. The summed E-state index contributed by atoms with van der Waals surface area (Å²) in [5, 5.41) is 15.5. The Balaban J connectivity index is 1.97. The molecule has 26 heavy (non-hydrogen) atoms. The Morgan fingerprint density at radius 3 is 2.69 bits per heavy atom. The fourth-order valence-electron chi connectivity index (χ4n) is 2.35. The lowest BCUT2D eigenvalue weighted by Gasteiger charge is -2.17. The van der Waals surface area contributed by atoms with E-state index in [9.17, 15) is 19.7 Å². The van der Waals surface area contributed by atoms with Crippen LogP contribution in [0.3, 0.4) is 0 Å². The molecule has 0 aliphatic rings. The molecule has 1 aromatic carbocycles. The normalized spacial score (nSPS) is 10.5. The fourth-order valence-corrected chi connectivity index (χ4v) is 2.35. The summed E-state index contributed by atoms with van der Waals surface area (Å²) in [4.78, 5) is 34.8. The zero-order valence-electron chi connectivity index (χ0n) is 13.5. The highest BCUT2D eigenvalue weighted by Gasteiger charge is 2.22. The van der Waals surface area contributed by atoms with E-state index in [1.165, 1.54) is 12.3 Å². The molecule has 0 saturated carbocycles. The van der Waals surface area contributed by atoms with Gasteiger partial charge in [0.1, 0.15) is 10.6 Å². The molecule has 0 atom stereocenters. The third-order valence-electron chi connectivity index (χ3n) is 3.67. The number of rotatable bonds is 5. The summed E-state index contributed by atoms with van der Waals surface area (Å²) in [5.41, 5.74) is 1.18. The molecule has 1 amide bonds. The van der Waals surface area contributed by atoms with Crippen molar-refractivity contribution < 1.29 is 18.9 Å². The van der Waals surface area contributed by atoms with Gasteiger partial charge in [0.2, 0.25) is 0 Å². The van der Waals surface area contributed by atoms with Crippen LogP contribution in [-0.4, -0.2) is 27.0 Å². The number of carbonyl (C=O) groups is 2. The highest BCUT2D eigenvalue weighted by Crippen LogP contribution is 2.27. The monoisotopic (exact) mass is 355 g/mol. The Labute approximate surface area is 146 Å². The van der Waals surface area contributed by atoms with Gasteiger partial charge in [0, 0.05) is 5.56 Å². The smallest absolute Gasteiger partial charge is 0.399 e. The number of benzene rings is 1. The molecule has 0 aliphatic heterocycles. The first-order valence-electron chi connectivity index (χ1n) is 7.37. The van der Waals surface area contributed by atoms with Crippen LogP contribution in [0.2, 0.25) is 0 Å². The minimum atomic E-state index is -0.710. The first-order chi connectivity index (χ1) is 12.4. The maximum atomic E-state index is 12.5. The number of aryl methyl sites for hydroxylation is 1. The second-order valence-corrected chi connectivity index (χ2v) is 5.33. The number of hydrazine groups is 1. The maximum Gasteiger partial charge on any atom is 0.433 e. The molecule has 0 aliphatic carbocycles. The lowest BCUT2D eigenvalue weighted by Crippen LogP contribution is -2.47. The van der Waals surface area contributed by atoms with Crippen molar-refractivity contribution in [2.75, 3.05) is 5.12 Å². The molecular formula is C16H13N5O5. The van der Waals surface area contributed by atoms with Crippen LogP contribution < -0.4 is 11.0 Å². The topological polar surface area (TPSA) is 138 Å². The van der Waals surface area contributed by atoms with Crippen LogP contribution in [0.1, 0.15) is 26.3 Å². The summed E-state index contributed by atoms with van der Waals surface area (Å²) in [6.07, 6.45) is 1.71. The number of aldehydes is 1. The number of carbonyl (C=O) groups excluding carboxylic acids is 2. The van der Waals surface area contributed by atoms with Crippen molar-refractivity contribution in [1.29, 1.82) is 0 Å². The average molecular weight is 355 g/mol. The second-order valence-electron chi connectivity index (χ2n) is 5.33. The Bertz CT molecular complexity index is 1010. The highest BCUT2D eigenvalue weighted by molar-refractivity contribution is 6.02. The Hall–Kier alpha value is -3.79. The lowest BCUT2D eigenvalue weighted by molar-refractivity contribution is -0.401. The van der Waals surface area contributed by atoms with Crippen LogP contribution in [0.15, 0.2) is 47.0 Å². The molecule has 0 fully saturated rings. The molecule has 0 saturated heterocycles. The third-order valence-corrected chi connectivity index (χ3v) is 3.67. The third kappa shape index (κ3) is 2.96. The molecular weight excluding hydrogens is 342 g/mol. The fraction of sp³-hybridized carbons (Fsp3) is 0.0625. The van der Waals surface area contributed by atoms with Crippen LogP contribution in [0.5, 0.6) is 0 Å². The number of furan rings is 1. The number of nitrogens with zero attached hydrogens (tertiary/aromatic N) is 4. The van der Waals surface area contributed by atoms with E-state index in [-0.39, 0.29) is 17.0 Å². The number of hydrogen-bond acceptors (Lipinski definition) is 7. The molecule has 10 heteroatoms. The van der Waals surface area contributed by atoms with Gasteiger partial charge >= 0.3 is 5.88 Å². The number of amides is 1. The molecule has 2 N–H and O–H groups in total. The van der Waals surface area contributed by atoms with Gasteiger partial charge in [-0.2, -0.15) is 9.91 Å². The first-order valence-corrected chi connectivity index (χ1v) is 7.37. The summed E-state index contributed by atoms with van der Waals surface area (Å²) in [6.45, 7) is 1.76. The summed E-state index contributed by atoms with van der Waals surface area (Å²) in [6, 6.07) is 9.30. The van der Waals surface area contributed by atoms with Gasteiger partial charge in [0.25, 0.3) is 5.91 Å². The average Bonchev–Trinajstić information content (AvgIpc) is 3.27. The van der Waals surface area contributed by atoms with Gasteiger partial charge in [0.15, 0.2) is 12.0 Å². The van der Waals surface area contributed by atoms with Gasteiger partial charge in [0.05, 0.1) is 17.8 Å². The van der Waals surface area contributed by atoms with Crippen molar-refractivity contribution in [3.05, 3.63) is 69.4 Å². The van der Waals surface area contributed by atoms with Gasteiger partial charge in [-0.3, -0.25) is 19.7 Å². The van der Waals surface area contributed by atoms with Gasteiger partial charge in [-0.1, -0.05) is 18.2 Å². The summed E-state index contributed by atoms with van der Waals surface area (Å²) in [5.74, 6) is 4.81. The van der Waals surface area contributed by atoms with Gasteiger partial charge in [-0.05, 0) is 24.6 Å². The lowest BCUT2D eigenvalue weighted by atomic mass is 10.1. The minimum Gasteiger partial charge on any atom is -0.399 e. The predicted octanol–water partition coefficient (Wildman–Crippen LogP) is 1.82. The number of nitrogens with two attached hydrogens (primary N) is 1. The van der Waals surface area contributed by atoms with Crippen molar-refractivity contribution >= 4 is 18.1 Å². The number of aromatic nitrogens is 2. The van der Waals surface area contributed by atoms with E-state index in [0.717, 1.165) is 21.5 Å². The van der Waals surface area contributed by atoms with Crippen LogP contribution in [-0.2, 0) is 0 Å². The molecule has 132 valence electrons. The Kier molecular flexibility index (Phi) is 4.33. The summed E-state index contributed by atoms with van der Waals surface area (Å²) < 4.78 is 5.05. The summed E-state index contributed by atoms with van der Waals surface area (Å²) >= 11 is 0. The predicted molar refractivity (Wildman–Crippen MR) is 89.9 cm³/mol. The standard InChI is InChI=1S/C16H13N5O5/c1-10-4-2-3-5-12(10)16(23)20(17)19-8-11(9-22)15(18-19)13-6-7-14(26-13)21(24)25/h2-9H,17H2,1H3. The van der Waals surface area contributed by atoms with E-state index >= 15 is 0 Å². The van der Waals surface area contributed by atoms with Crippen molar-refractivity contribution in [3.8, 4) is 11.5 Å². The zero-order chi connectivity index (χ0) is 18.8. The molecule has 0 unspecified atom stereocenters. The van der Waals surface area contributed by atoms with E-state index in [2.05, 4.69) is 5.10 Å². The van der Waals surface area contributed by atoms with Gasteiger partial charge in [-0.15, -0.1) is 5.10 Å². The van der Waals surface area contributed by atoms with Gasteiger partial charge in [-0.25, -0.2) is 5.84 Å². The van der Waals surface area contributed by atoms with E-state index in [1.54, 1.807) is 31.2 Å². The SMILES string of the molecule is Cc1ccccc1C(=O)N(N)n1cc(C=O)c(-c2ccc([N+](=O)[O-])o2)n1. The molecule has 3 aromatic rings. The first kappa shape index (κ1) is 17.0. The Morgan fingerprint density at radius 1 is 1.35 bits per heavy atom. The number of nitro groups is 1. The van der Waals surface area contributed by atoms with Gasteiger partial charge < -0.3 is 4.42 Å². The van der Waals surface area contributed by atoms with Crippen molar-refractivity contribution in [2.45, 2.75) is 6.92 Å². The van der Waals surface area contributed by atoms with Crippen LogP contribution in [0.25, 0.3) is 11.5 Å². The molecule has 10 nitrogen and oxygen atoms in total. The minimum absolute atomic E-state index is 0.00860. The van der Waals surface area contributed by atoms with Crippen molar-refractivity contribution in [1.82, 2.24) is 9.89 Å². The van der Waals surface area contributed by atoms with Crippen LogP contribution >= 0.6 is 0 Å². The van der Waals surface area contributed by atoms with E-state index < -0.39 is 16.7 Å². The molecule has 2 aromatic heterocycles. The maximum absolute atomic E-state index is 12.5. The molecule has 0 bridgehead atoms. The molecule has 0 spiro atoms. The quantitative estimate of drug-likeness (QED) is 0.242. The van der Waals surface area contributed by atoms with Crippen molar-refractivity contribution in [3.63, 3.8) is 0 Å². The van der Waals surface area contributed by atoms with E-state index in [0.29, 0.717) is 11.8 Å². The second kappa shape index (κ2) is 6.61. The van der Waals surface area contributed by atoms with Crippen molar-refractivity contribution in [2.24, 2.45) is 5.84 Å². The summed E-state index contributed by atoms with van der Waals surface area (Å²) in [7, 11) is 0. The van der Waals surface area contributed by atoms with E-state index in [4.69, 9.17) is 10.3 Å². The molecule has 3 rings (SSSR count). The van der Waals surface area contributed by atoms with E-state index in [1.807, 2.05) is 0 Å². The molecule has 2 heterocycles. The van der Waals surface area contributed by atoms with Crippen LogP contribution in [0, 0.1) is 17.0 Å². The molecule has 0 radical (unpaired) electrons. The van der Waals surface area contributed by atoms with Crippen LogP contribution in [0.4, 0.5) is 5.88 Å². The largest absolute Gasteiger partial charge is 0.433 e. The zero-order valence-corrected chi connectivity index (χ0v) is 13.5.